The predicted octanol–water partition coefficient (Wildman–Crippen LogP) is 4.12. The number of methoxy groups -OCH3 is 1. The Morgan fingerprint density at radius 1 is 0.879 bits per heavy atom. The number of aromatic nitrogens is 1. The van der Waals surface area contributed by atoms with Crippen molar-refractivity contribution in [2.75, 3.05) is 24.3 Å². The van der Waals surface area contributed by atoms with Crippen LogP contribution in [0.15, 0.2) is 66.9 Å². The molecule has 2 aromatic carbocycles. The van der Waals surface area contributed by atoms with Gasteiger partial charge in [0, 0.05) is 23.9 Å². The van der Waals surface area contributed by atoms with Crippen LogP contribution in [0.4, 0.5) is 11.5 Å². The normalized spacial score (nSPS) is 10.2. The van der Waals surface area contributed by atoms with Crippen molar-refractivity contribution < 1.29 is 19.1 Å². The third-order valence-corrected chi connectivity index (χ3v) is 4.85. The number of nitrogens with zero attached hydrogens (tertiary/aromatic N) is 1. The summed E-state index contributed by atoms with van der Waals surface area (Å²) in [5.41, 5.74) is 1.37. The van der Waals surface area contributed by atoms with Gasteiger partial charge < -0.3 is 20.7 Å². The molecule has 3 aromatic rings. The molecule has 0 atom stereocenters. The molecule has 8 heteroatoms. The first-order chi connectivity index (χ1) is 16.0. The molecular weight excluding hydrogens is 420 g/mol. The maximum absolute atomic E-state index is 12.8. The molecule has 0 saturated carbocycles. The Morgan fingerprint density at radius 2 is 1.61 bits per heavy atom. The highest BCUT2D eigenvalue weighted by Gasteiger charge is 2.17. The number of pyridine rings is 1. The molecule has 170 valence electrons. The van der Waals surface area contributed by atoms with Gasteiger partial charge in [-0.25, -0.2) is 4.98 Å². The third kappa shape index (κ3) is 6.39. The molecular formula is C25H26N4O4. The van der Waals surface area contributed by atoms with Gasteiger partial charge in [-0.05, 0) is 61.0 Å². The summed E-state index contributed by atoms with van der Waals surface area (Å²) in [5.74, 6) is -0.181. The fraction of sp³-hybridized carbons (Fsp3) is 0.200. The topological polar surface area (TPSA) is 109 Å². The van der Waals surface area contributed by atoms with Gasteiger partial charge in [0.1, 0.15) is 11.6 Å². The monoisotopic (exact) mass is 446 g/mol. The lowest BCUT2D eigenvalue weighted by Crippen LogP contribution is -2.24. The summed E-state index contributed by atoms with van der Waals surface area (Å²) < 4.78 is 5.22. The Morgan fingerprint density at radius 3 is 2.24 bits per heavy atom. The van der Waals surface area contributed by atoms with E-state index < -0.39 is 11.8 Å². The molecule has 0 bridgehead atoms. The van der Waals surface area contributed by atoms with E-state index in [2.05, 4.69) is 27.9 Å². The average Bonchev–Trinajstić information content (AvgIpc) is 2.85. The number of anilines is 2. The second-order valence-corrected chi connectivity index (χ2v) is 7.22. The van der Waals surface area contributed by atoms with Crippen LogP contribution >= 0.6 is 0 Å². The smallest absolute Gasteiger partial charge is 0.259 e. The van der Waals surface area contributed by atoms with Gasteiger partial charge in [-0.1, -0.05) is 19.4 Å². The van der Waals surface area contributed by atoms with Crippen LogP contribution in [0.5, 0.6) is 5.75 Å². The Labute approximate surface area is 192 Å². The quantitative estimate of drug-likeness (QED) is 0.428. The van der Waals surface area contributed by atoms with E-state index in [1.165, 1.54) is 13.2 Å². The van der Waals surface area contributed by atoms with Gasteiger partial charge in [-0.15, -0.1) is 0 Å². The number of rotatable bonds is 9. The van der Waals surface area contributed by atoms with Crippen LogP contribution < -0.4 is 20.7 Å². The summed E-state index contributed by atoms with van der Waals surface area (Å²) in [6, 6.07) is 16.3. The van der Waals surface area contributed by atoms with Crippen LogP contribution in [0.1, 0.15) is 50.8 Å². The largest absolute Gasteiger partial charge is 0.497 e. The van der Waals surface area contributed by atoms with E-state index in [1.807, 2.05) is 0 Å². The van der Waals surface area contributed by atoms with Gasteiger partial charge in [0.15, 0.2) is 0 Å². The van der Waals surface area contributed by atoms with E-state index in [1.54, 1.807) is 60.8 Å². The van der Waals surface area contributed by atoms with Gasteiger partial charge in [0.05, 0.1) is 18.4 Å². The molecule has 33 heavy (non-hydrogen) atoms. The highest BCUT2D eigenvalue weighted by atomic mass is 16.5. The first kappa shape index (κ1) is 23.5. The Balaban J connectivity index is 1.75. The summed E-state index contributed by atoms with van der Waals surface area (Å²) in [6.45, 7) is 2.66. The summed E-state index contributed by atoms with van der Waals surface area (Å²) in [5, 5.41) is 8.30. The van der Waals surface area contributed by atoms with Crippen molar-refractivity contribution in [1.29, 1.82) is 0 Å². The zero-order valence-corrected chi connectivity index (χ0v) is 18.6. The fourth-order valence-electron chi connectivity index (χ4n) is 3.02. The van der Waals surface area contributed by atoms with Gasteiger partial charge in [-0.3, -0.25) is 14.4 Å². The maximum atomic E-state index is 12.8. The zero-order chi connectivity index (χ0) is 23.6. The summed E-state index contributed by atoms with van der Waals surface area (Å²) in [6.07, 6.45) is 3.47. The summed E-state index contributed by atoms with van der Waals surface area (Å²) in [4.78, 5) is 41.9. The van der Waals surface area contributed by atoms with Crippen molar-refractivity contribution in [1.82, 2.24) is 10.3 Å². The van der Waals surface area contributed by atoms with Crippen molar-refractivity contribution in [2.45, 2.75) is 19.8 Å². The van der Waals surface area contributed by atoms with Crippen molar-refractivity contribution in [3.63, 3.8) is 0 Å². The molecule has 0 fully saturated rings. The molecule has 0 aliphatic heterocycles. The minimum absolute atomic E-state index is 0.181. The van der Waals surface area contributed by atoms with Crippen LogP contribution in [-0.4, -0.2) is 36.4 Å². The second kappa shape index (κ2) is 11.4. The van der Waals surface area contributed by atoms with E-state index >= 15 is 0 Å². The van der Waals surface area contributed by atoms with Gasteiger partial charge in [-0.2, -0.15) is 0 Å². The fourth-order valence-corrected chi connectivity index (χ4v) is 3.02. The van der Waals surface area contributed by atoms with Crippen LogP contribution in [-0.2, 0) is 0 Å². The molecule has 0 aliphatic rings. The molecule has 1 aromatic heterocycles. The minimum Gasteiger partial charge on any atom is -0.497 e. The number of hydrogen-bond donors (Lipinski definition) is 3. The number of amides is 3. The molecule has 0 unspecified atom stereocenters. The van der Waals surface area contributed by atoms with Crippen molar-refractivity contribution >= 4 is 29.2 Å². The van der Waals surface area contributed by atoms with Crippen LogP contribution in [0.25, 0.3) is 0 Å². The van der Waals surface area contributed by atoms with Crippen LogP contribution in [0.3, 0.4) is 0 Å². The van der Waals surface area contributed by atoms with Gasteiger partial charge in [0.2, 0.25) is 0 Å². The molecule has 3 amide bonds. The highest BCUT2D eigenvalue weighted by Crippen LogP contribution is 2.24. The number of ether oxygens (including phenoxy) is 1. The van der Waals surface area contributed by atoms with E-state index in [-0.39, 0.29) is 11.5 Å². The molecule has 0 spiro atoms. The SMILES string of the molecule is CCCCNC(=O)c1ccc(C(=O)Nc2ccc(OC)cc2C(=O)Nc2ccccn2)cc1. The number of benzene rings is 2. The van der Waals surface area contributed by atoms with E-state index in [9.17, 15) is 14.4 Å². The van der Waals surface area contributed by atoms with Gasteiger partial charge in [0.25, 0.3) is 17.7 Å². The molecule has 0 radical (unpaired) electrons. The van der Waals surface area contributed by atoms with Crippen LogP contribution in [0, 0.1) is 0 Å². The average molecular weight is 447 g/mol. The van der Waals surface area contributed by atoms with Crippen molar-refractivity contribution in [3.8, 4) is 5.75 Å². The van der Waals surface area contributed by atoms with E-state index in [0.717, 1.165) is 12.8 Å². The first-order valence-electron chi connectivity index (χ1n) is 10.6. The molecule has 8 nitrogen and oxygen atoms in total. The summed E-state index contributed by atoms with van der Waals surface area (Å²) >= 11 is 0. The molecule has 0 aliphatic carbocycles. The second-order valence-electron chi connectivity index (χ2n) is 7.22. The van der Waals surface area contributed by atoms with Crippen molar-refractivity contribution in [2.24, 2.45) is 0 Å². The highest BCUT2D eigenvalue weighted by molar-refractivity contribution is 6.12. The lowest BCUT2D eigenvalue weighted by atomic mass is 10.1. The number of nitrogens with one attached hydrogen (secondary N) is 3. The zero-order valence-electron chi connectivity index (χ0n) is 18.6. The number of carbonyl (C=O) groups is 3. The first-order valence-corrected chi connectivity index (χ1v) is 10.6. The Hall–Kier alpha value is -4.20. The third-order valence-electron chi connectivity index (χ3n) is 4.85. The number of hydrogen-bond acceptors (Lipinski definition) is 5. The number of unbranched alkanes of at least 4 members (excludes halogenated alkanes) is 1. The van der Waals surface area contributed by atoms with Gasteiger partial charge >= 0.3 is 0 Å². The predicted molar refractivity (Wildman–Crippen MR) is 127 cm³/mol. The minimum atomic E-state index is -0.443. The van der Waals surface area contributed by atoms with Crippen LogP contribution in [0.2, 0.25) is 0 Å². The van der Waals surface area contributed by atoms with E-state index in [4.69, 9.17) is 4.74 Å². The Kier molecular flexibility index (Phi) is 8.13. The summed E-state index contributed by atoms with van der Waals surface area (Å²) in [7, 11) is 1.49. The lowest BCUT2D eigenvalue weighted by Gasteiger charge is -2.13. The molecule has 3 N–H and O–H groups in total. The lowest BCUT2D eigenvalue weighted by molar-refractivity contribution is 0.0950. The molecule has 3 rings (SSSR count). The Bertz CT molecular complexity index is 1120. The maximum Gasteiger partial charge on any atom is 0.259 e. The number of carbonyl (C=O) groups excluding carboxylic acids is 3. The molecule has 1 heterocycles. The molecule has 0 saturated heterocycles. The van der Waals surface area contributed by atoms with Crippen molar-refractivity contribution in [3.05, 3.63) is 83.6 Å². The standard InChI is InChI=1S/C25H26N4O4/c1-3-4-14-27-23(30)17-8-10-18(11-9-17)24(31)28-21-13-12-19(33-2)16-20(21)25(32)29-22-7-5-6-15-26-22/h5-13,15-16H,3-4,14H2,1-2H3,(H,27,30)(H,28,31)(H,26,29,32). The van der Waals surface area contributed by atoms with E-state index in [0.29, 0.717) is 34.9 Å².